The van der Waals surface area contributed by atoms with Gasteiger partial charge in [0.05, 0.1) is 0 Å². The topological polar surface area (TPSA) is 33.3 Å². The fraction of sp³-hybridized carbons (Fsp3) is 0.333. The Kier molecular flexibility index (Phi) is 6.02. The third-order valence-electron chi connectivity index (χ3n) is 0.627. The highest BCUT2D eigenvalue weighted by molar-refractivity contribution is 4.74. The van der Waals surface area contributed by atoms with E-state index in [-0.39, 0.29) is 0 Å². The monoisotopic (exact) mass is 128 g/mol. The number of rotatable bonds is 4. The third-order valence-corrected chi connectivity index (χ3v) is 0.627. The number of hydrogen-bond acceptors (Lipinski definition) is 3. The van der Waals surface area contributed by atoms with E-state index >= 15 is 0 Å². The highest BCUT2D eigenvalue weighted by Gasteiger charge is 1.63. The van der Waals surface area contributed by atoms with Crippen molar-refractivity contribution in [2.45, 2.75) is 0 Å². The first-order valence-electron chi connectivity index (χ1n) is 2.72. The first kappa shape index (κ1) is 7.88. The number of nitrogens with one attached hydrogen (secondary N) is 2. The third kappa shape index (κ3) is 6.88. The van der Waals surface area contributed by atoms with Crippen LogP contribution in [0.15, 0.2) is 24.9 Å². The van der Waals surface area contributed by atoms with E-state index in [1.165, 1.54) is 0 Å². The second kappa shape index (κ2) is 6.88. The molecule has 0 heterocycles. The molecule has 0 spiro atoms. The maximum atomic E-state index is 4.83. The van der Waals surface area contributed by atoms with E-state index in [0.29, 0.717) is 0 Å². The summed E-state index contributed by atoms with van der Waals surface area (Å²) >= 11 is 0. The Balaban J connectivity index is 3.08. The molecule has 0 rings (SSSR count). The van der Waals surface area contributed by atoms with E-state index in [2.05, 4.69) is 10.6 Å². The van der Waals surface area contributed by atoms with Crippen molar-refractivity contribution in [2.24, 2.45) is 0 Å². The Morgan fingerprint density at radius 2 is 1.44 bits per heavy atom. The first-order chi connectivity index (χ1) is 4.41. The van der Waals surface area contributed by atoms with Crippen molar-refractivity contribution >= 4 is 0 Å². The van der Waals surface area contributed by atoms with Crippen LogP contribution >= 0.6 is 0 Å². The fourth-order valence-corrected chi connectivity index (χ4v) is 0.260. The van der Waals surface area contributed by atoms with Crippen LogP contribution in [0, 0.1) is 0 Å². The molecule has 0 bridgehead atoms. The lowest BCUT2D eigenvalue weighted by molar-refractivity contribution is 0.397. The summed E-state index contributed by atoms with van der Waals surface area (Å²) in [7, 11) is 3.61. The van der Waals surface area contributed by atoms with Gasteiger partial charge in [0.15, 0.2) is 0 Å². The van der Waals surface area contributed by atoms with Crippen LogP contribution in [0.4, 0.5) is 0 Å². The summed E-state index contributed by atoms with van der Waals surface area (Å²) in [5.41, 5.74) is 0. The van der Waals surface area contributed by atoms with E-state index in [4.69, 9.17) is 4.74 Å². The summed E-state index contributed by atoms with van der Waals surface area (Å²) in [6, 6.07) is 0. The molecule has 0 saturated heterocycles. The summed E-state index contributed by atoms with van der Waals surface area (Å²) in [5.74, 6) is 0. The van der Waals surface area contributed by atoms with Gasteiger partial charge in [-0.1, -0.05) is 0 Å². The SMILES string of the molecule is CNC=COC=CNC. The lowest BCUT2D eigenvalue weighted by atomic mass is 10.9. The van der Waals surface area contributed by atoms with Crippen molar-refractivity contribution in [1.29, 1.82) is 0 Å². The lowest BCUT2D eigenvalue weighted by Crippen LogP contribution is -1.92. The van der Waals surface area contributed by atoms with Crippen LogP contribution < -0.4 is 10.6 Å². The molecule has 0 atom stereocenters. The van der Waals surface area contributed by atoms with Crippen LogP contribution in [-0.4, -0.2) is 14.1 Å². The minimum absolute atomic E-state index is 1.55. The average Bonchev–Trinajstić information content (AvgIpc) is 1.89. The second-order valence-electron chi connectivity index (χ2n) is 1.32. The van der Waals surface area contributed by atoms with Crippen LogP contribution in [0.25, 0.3) is 0 Å². The van der Waals surface area contributed by atoms with Gasteiger partial charge in [0.25, 0.3) is 0 Å². The van der Waals surface area contributed by atoms with E-state index in [1.54, 1.807) is 24.9 Å². The van der Waals surface area contributed by atoms with Gasteiger partial charge in [-0.05, 0) is 0 Å². The highest BCUT2D eigenvalue weighted by Crippen LogP contribution is 1.74. The zero-order valence-corrected chi connectivity index (χ0v) is 5.72. The van der Waals surface area contributed by atoms with Crippen LogP contribution in [0.5, 0.6) is 0 Å². The van der Waals surface area contributed by atoms with Gasteiger partial charge in [0.1, 0.15) is 12.5 Å². The molecule has 3 heteroatoms. The molecule has 0 aliphatic carbocycles. The molecule has 0 aromatic heterocycles. The molecule has 0 saturated carbocycles. The Hall–Kier alpha value is -1.12. The predicted molar refractivity (Wildman–Crippen MR) is 37.5 cm³/mol. The zero-order chi connectivity index (χ0) is 6.95. The lowest BCUT2D eigenvalue weighted by Gasteiger charge is -1.88. The Morgan fingerprint density at radius 1 is 1.00 bits per heavy atom. The van der Waals surface area contributed by atoms with Gasteiger partial charge < -0.3 is 15.4 Å². The van der Waals surface area contributed by atoms with Crippen LogP contribution in [0.2, 0.25) is 0 Å². The van der Waals surface area contributed by atoms with E-state index in [9.17, 15) is 0 Å². The molecule has 0 aromatic carbocycles. The van der Waals surface area contributed by atoms with Gasteiger partial charge in [-0.3, -0.25) is 0 Å². The van der Waals surface area contributed by atoms with Crippen molar-refractivity contribution < 1.29 is 4.74 Å². The predicted octanol–water partition coefficient (Wildman–Crippen LogP) is 0.384. The second-order valence-corrected chi connectivity index (χ2v) is 1.32. The van der Waals surface area contributed by atoms with E-state index < -0.39 is 0 Å². The minimum Gasteiger partial charge on any atom is -0.470 e. The molecule has 0 unspecified atom stereocenters. The molecule has 9 heavy (non-hydrogen) atoms. The summed E-state index contributed by atoms with van der Waals surface area (Å²) in [6.07, 6.45) is 6.49. The fourth-order valence-electron chi connectivity index (χ4n) is 0.260. The quantitative estimate of drug-likeness (QED) is 0.537. The van der Waals surface area contributed by atoms with Gasteiger partial charge in [-0.15, -0.1) is 0 Å². The van der Waals surface area contributed by atoms with Gasteiger partial charge in [0.2, 0.25) is 0 Å². The Labute approximate surface area is 55.4 Å². The molecule has 0 aromatic rings. The minimum atomic E-state index is 1.55. The average molecular weight is 128 g/mol. The molecule has 52 valence electrons. The summed E-state index contributed by atoms with van der Waals surface area (Å²) < 4.78 is 4.83. The zero-order valence-electron chi connectivity index (χ0n) is 5.72. The maximum absolute atomic E-state index is 4.83. The van der Waals surface area contributed by atoms with Gasteiger partial charge >= 0.3 is 0 Å². The normalized spacial score (nSPS) is 10.4. The maximum Gasteiger partial charge on any atom is 0.106 e. The number of ether oxygens (including phenoxy) is 1. The van der Waals surface area contributed by atoms with Crippen molar-refractivity contribution in [3.8, 4) is 0 Å². The molecule has 0 aliphatic rings. The smallest absolute Gasteiger partial charge is 0.106 e. The van der Waals surface area contributed by atoms with E-state index in [0.717, 1.165) is 0 Å². The van der Waals surface area contributed by atoms with Crippen molar-refractivity contribution in [1.82, 2.24) is 10.6 Å². The van der Waals surface area contributed by atoms with Gasteiger partial charge in [-0.2, -0.15) is 0 Å². The van der Waals surface area contributed by atoms with E-state index in [1.807, 2.05) is 14.1 Å². The molecule has 2 N–H and O–H groups in total. The summed E-state index contributed by atoms with van der Waals surface area (Å²) in [4.78, 5) is 0. The van der Waals surface area contributed by atoms with Crippen LogP contribution in [-0.2, 0) is 4.74 Å². The number of hydrogen-bond donors (Lipinski definition) is 2. The standard InChI is InChI=1S/C6H12N2O/c1-7-3-5-9-6-4-8-2/h3-8H,1-2H3. The Bertz CT molecular complexity index is 87.2. The first-order valence-corrected chi connectivity index (χ1v) is 2.72. The molecule has 3 nitrogen and oxygen atoms in total. The molecular weight excluding hydrogens is 116 g/mol. The van der Waals surface area contributed by atoms with Gasteiger partial charge in [-0.25, -0.2) is 0 Å². The summed E-state index contributed by atoms with van der Waals surface area (Å²) in [5, 5.41) is 5.57. The van der Waals surface area contributed by atoms with Crippen LogP contribution in [0.3, 0.4) is 0 Å². The highest BCUT2D eigenvalue weighted by atomic mass is 16.5. The van der Waals surface area contributed by atoms with Crippen molar-refractivity contribution in [3.05, 3.63) is 24.9 Å². The molecule has 0 fully saturated rings. The Morgan fingerprint density at radius 3 is 1.78 bits per heavy atom. The molecule has 0 aliphatic heterocycles. The van der Waals surface area contributed by atoms with Crippen molar-refractivity contribution in [2.75, 3.05) is 14.1 Å². The molecule has 0 radical (unpaired) electrons. The summed E-state index contributed by atoms with van der Waals surface area (Å²) in [6.45, 7) is 0. The van der Waals surface area contributed by atoms with Gasteiger partial charge in [0, 0.05) is 26.5 Å². The molecular formula is C6H12N2O. The van der Waals surface area contributed by atoms with Crippen LogP contribution in [0.1, 0.15) is 0 Å². The largest absolute Gasteiger partial charge is 0.470 e. The molecule has 0 amide bonds. The van der Waals surface area contributed by atoms with Crippen molar-refractivity contribution in [3.63, 3.8) is 0 Å².